The number of carbonyl (C=O) groups excluding carboxylic acids is 2. The summed E-state index contributed by atoms with van der Waals surface area (Å²) in [5.41, 5.74) is 1.00. The molecule has 3 heterocycles. The van der Waals surface area contributed by atoms with Gasteiger partial charge in [0.05, 0.1) is 5.01 Å². The van der Waals surface area contributed by atoms with Crippen LogP contribution in [0.2, 0.25) is 5.02 Å². The molecule has 170 valence electrons. The molecule has 32 heavy (non-hydrogen) atoms. The summed E-state index contributed by atoms with van der Waals surface area (Å²) in [6.45, 7) is 2.61. The van der Waals surface area contributed by atoms with Gasteiger partial charge in [-0.3, -0.25) is 9.69 Å². The van der Waals surface area contributed by atoms with E-state index in [9.17, 15) is 14.7 Å². The number of aliphatic imine (C=N–C) groups is 1. The topological polar surface area (TPSA) is 89.3 Å². The van der Waals surface area contributed by atoms with Crippen molar-refractivity contribution in [2.75, 3.05) is 20.2 Å². The molecule has 1 N–H and O–H groups in total. The fourth-order valence-corrected chi connectivity index (χ4v) is 5.00. The average molecular weight is 476 g/mol. The number of urea groups is 1. The van der Waals surface area contributed by atoms with Crippen LogP contribution in [0, 0.1) is 6.92 Å². The van der Waals surface area contributed by atoms with Gasteiger partial charge in [0.1, 0.15) is 5.84 Å². The lowest BCUT2D eigenvalue weighted by atomic mass is 10.1. The van der Waals surface area contributed by atoms with Gasteiger partial charge in [0.15, 0.2) is 12.2 Å². The summed E-state index contributed by atoms with van der Waals surface area (Å²) >= 11 is 7.70. The van der Waals surface area contributed by atoms with Crippen molar-refractivity contribution < 1.29 is 14.7 Å². The van der Waals surface area contributed by atoms with E-state index < -0.39 is 12.2 Å². The highest BCUT2D eigenvalue weighted by Crippen LogP contribution is 2.31. The summed E-state index contributed by atoms with van der Waals surface area (Å²) in [5, 5.41) is 10.9. The van der Waals surface area contributed by atoms with Crippen molar-refractivity contribution in [1.82, 2.24) is 19.7 Å². The number of benzene rings is 1. The number of rotatable bonds is 8. The molecule has 3 amide bonds. The Morgan fingerprint density at radius 1 is 1.19 bits per heavy atom. The Morgan fingerprint density at radius 3 is 2.59 bits per heavy atom. The lowest BCUT2D eigenvalue weighted by Crippen LogP contribution is -2.65. The molecule has 0 saturated carbocycles. The largest absolute Gasteiger partial charge is 0.396 e. The van der Waals surface area contributed by atoms with E-state index in [0.29, 0.717) is 30.8 Å². The van der Waals surface area contributed by atoms with E-state index in [1.54, 1.807) is 18.4 Å². The highest BCUT2D eigenvalue weighted by molar-refractivity contribution is 7.11. The quantitative estimate of drug-likeness (QED) is 0.634. The molecule has 2 aliphatic rings. The molecule has 1 fully saturated rings. The van der Waals surface area contributed by atoms with Gasteiger partial charge >= 0.3 is 6.03 Å². The fraction of sp³-hybridized carbons (Fsp3) is 0.455. The van der Waals surface area contributed by atoms with Gasteiger partial charge in [-0.2, -0.15) is 0 Å². The molecular weight excluding hydrogens is 450 g/mol. The number of fused-ring (bicyclic) bond motifs is 1. The van der Waals surface area contributed by atoms with Crippen LogP contribution in [0.3, 0.4) is 0 Å². The Balaban J connectivity index is 1.62. The third-order valence-electron chi connectivity index (χ3n) is 5.72. The molecule has 10 heteroatoms. The number of carbonyl (C=O) groups is 2. The summed E-state index contributed by atoms with van der Waals surface area (Å²) in [4.78, 5) is 41.4. The molecule has 2 atom stereocenters. The van der Waals surface area contributed by atoms with Crippen molar-refractivity contribution in [3.8, 4) is 0 Å². The molecule has 0 radical (unpaired) electrons. The van der Waals surface area contributed by atoms with Crippen LogP contribution in [0.25, 0.3) is 0 Å². The van der Waals surface area contributed by atoms with Crippen molar-refractivity contribution in [3.05, 3.63) is 50.9 Å². The molecule has 8 nitrogen and oxygen atoms in total. The van der Waals surface area contributed by atoms with Gasteiger partial charge in [-0.15, -0.1) is 11.3 Å². The lowest BCUT2D eigenvalue weighted by Gasteiger charge is -2.41. The SMILES string of the molecule is Cc1cnc(CCC2=N[C@@H]3C(C(=O)N(CCCO)C(=O)N3C)N2Cc2ccc(Cl)cc2)s1. The number of aromatic nitrogens is 1. The smallest absolute Gasteiger partial charge is 0.328 e. The number of aryl methyl sites for hydroxylation is 2. The molecule has 2 aromatic rings. The minimum Gasteiger partial charge on any atom is -0.396 e. The van der Waals surface area contributed by atoms with Crippen LogP contribution in [-0.2, 0) is 17.8 Å². The van der Waals surface area contributed by atoms with E-state index in [1.165, 1.54) is 9.80 Å². The number of hydrogen-bond acceptors (Lipinski definition) is 7. The van der Waals surface area contributed by atoms with Gasteiger partial charge in [0.2, 0.25) is 0 Å². The van der Waals surface area contributed by atoms with Crippen LogP contribution in [0.5, 0.6) is 0 Å². The predicted molar refractivity (Wildman–Crippen MR) is 124 cm³/mol. The molecule has 1 aromatic heterocycles. The normalized spacial score (nSPS) is 20.8. The maximum atomic E-state index is 13.4. The van der Waals surface area contributed by atoms with E-state index in [4.69, 9.17) is 16.6 Å². The second-order valence-electron chi connectivity index (χ2n) is 7.98. The van der Waals surface area contributed by atoms with E-state index in [2.05, 4.69) is 4.98 Å². The zero-order chi connectivity index (χ0) is 22.8. The van der Waals surface area contributed by atoms with Crippen LogP contribution >= 0.6 is 22.9 Å². The Morgan fingerprint density at radius 2 is 1.94 bits per heavy atom. The highest BCUT2D eigenvalue weighted by Gasteiger charge is 2.51. The maximum absolute atomic E-state index is 13.4. The Labute approximate surface area is 196 Å². The number of likely N-dealkylation sites (N-methyl/N-ethyl adjacent to an activating group) is 1. The minimum atomic E-state index is -0.597. The number of halogens is 1. The van der Waals surface area contributed by atoms with Gasteiger partial charge in [-0.25, -0.2) is 14.8 Å². The second-order valence-corrected chi connectivity index (χ2v) is 9.74. The van der Waals surface area contributed by atoms with Crippen molar-refractivity contribution in [2.24, 2.45) is 4.99 Å². The number of amides is 3. The highest BCUT2D eigenvalue weighted by atomic mass is 35.5. The average Bonchev–Trinajstić information content (AvgIpc) is 3.36. The predicted octanol–water partition coefficient (Wildman–Crippen LogP) is 2.92. The molecule has 0 spiro atoms. The molecule has 2 aliphatic heterocycles. The third-order valence-corrected chi connectivity index (χ3v) is 6.94. The van der Waals surface area contributed by atoms with Crippen molar-refractivity contribution in [1.29, 1.82) is 0 Å². The van der Waals surface area contributed by atoms with Gasteiger partial charge in [0, 0.05) is 55.7 Å². The molecular formula is C22H26ClN5O3S. The zero-order valence-corrected chi connectivity index (χ0v) is 19.6. The Hall–Kier alpha value is -2.49. The van der Waals surface area contributed by atoms with E-state index in [0.717, 1.165) is 21.3 Å². The molecule has 0 bridgehead atoms. The van der Waals surface area contributed by atoms with Gasteiger partial charge < -0.3 is 14.9 Å². The van der Waals surface area contributed by atoms with Crippen molar-refractivity contribution in [2.45, 2.75) is 44.9 Å². The number of imide groups is 1. The number of nitrogens with zero attached hydrogens (tertiary/aromatic N) is 5. The number of amidine groups is 1. The Bertz CT molecular complexity index is 1020. The summed E-state index contributed by atoms with van der Waals surface area (Å²) in [7, 11) is 1.68. The summed E-state index contributed by atoms with van der Waals surface area (Å²) in [6, 6.07) is 6.54. The number of hydrogen-bond donors (Lipinski definition) is 1. The first kappa shape index (κ1) is 22.7. The van der Waals surface area contributed by atoms with Crippen molar-refractivity contribution >= 4 is 40.7 Å². The standard InChI is InChI=1S/C22H26ClN5O3S/c1-14-12-24-18(32-14)9-8-17-25-20-19(28(17)13-15-4-6-16(23)7-5-15)21(30)27(10-3-11-29)22(31)26(20)2/h4-7,12,19-20,29H,3,8-11,13H2,1-2H3/t19?,20-/m0/s1. The number of thiazole rings is 1. The molecule has 1 aromatic carbocycles. The second kappa shape index (κ2) is 9.56. The first-order valence-electron chi connectivity index (χ1n) is 10.6. The first-order valence-corrected chi connectivity index (χ1v) is 11.8. The van der Waals surface area contributed by atoms with Gasteiger partial charge in [-0.05, 0) is 31.0 Å². The number of aliphatic hydroxyl groups excluding tert-OH is 1. The fourth-order valence-electron chi connectivity index (χ4n) is 4.09. The van der Waals surface area contributed by atoms with Crippen molar-refractivity contribution in [3.63, 3.8) is 0 Å². The van der Waals surface area contributed by atoms with E-state index >= 15 is 0 Å². The Kier molecular flexibility index (Phi) is 6.78. The first-order chi connectivity index (χ1) is 15.4. The summed E-state index contributed by atoms with van der Waals surface area (Å²) in [6.07, 6.45) is 2.97. The van der Waals surface area contributed by atoms with E-state index in [-0.39, 0.29) is 25.1 Å². The van der Waals surface area contributed by atoms with Gasteiger partial charge in [0.25, 0.3) is 5.91 Å². The van der Waals surface area contributed by atoms with Gasteiger partial charge in [-0.1, -0.05) is 23.7 Å². The lowest BCUT2D eigenvalue weighted by molar-refractivity contribution is -0.137. The van der Waals surface area contributed by atoms with Crippen LogP contribution in [0.4, 0.5) is 4.79 Å². The minimum absolute atomic E-state index is 0.0850. The van der Waals surface area contributed by atoms with Crippen LogP contribution in [0.15, 0.2) is 35.5 Å². The molecule has 1 saturated heterocycles. The number of aliphatic hydroxyl groups is 1. The van der Waals surface area contributed by atoms with Crippen LogP contribution < -0.4 is 0 Å². The molecule has 0 aliphatic carbocycles. The monoisotopic (exact) mass is 475 g/mol. The van der Waals surface area contributed by atoms with Crippen LogP contribution in [-0.4, -0.2) is 75.0 Å². The van der Waals surface area contributed by atoms with Crippen LogP contribution in [0.1, 0.15) is 28.3 Å². The summed E-state index contributed by atoms with van der Waals surface area (Å²) in [5.74, 6) is 0.518. The van der Waals surface area contributed by atoms with E-state index in [1.807, 2.05) is 42.3 Å². The maximum Gasteiger partial charge on any atom is 0.328 e. The molecule has 4 rings (SSSR count). The summed E-state index contributed by atoms with van der Waals surface area (Å²) < 4.78 is 0. The molecule has 1 unspecified atom stereocenters. The zero-order valence-electron chi connectivity index (χ0n) is 18.1. The third kappa shape index (κ3) is 4.51.